The number of aliphatic hydroxyl groups excluding tert-OH is 1. The molecule has 0 bridgehead atoms. The summed E-state index contributed by atoms with van der Waals surface area (Å²) in [5.41, 5.74) is 0.970. The summed E-state index contributed by atoms with van der Waals surface area (Å²) in [5, 5.41) is 10.8. The van der Waals surface area contributed by atoms with Crippen molar-refractivity contribution in [2.24, 2.45) is 5.92 Å². The van der Waals surface area contributed by atoms with Gasteiger partial charge in [0.05, 0.1) is 13.2 Å². The fourth-order valence-corrected chi connectivity index (χ4v) is 1.95. The van der Waals surface area contributed by atoms with Crippen molar-refractivity contribution in [3.05, 3.63) is 40.2 Å². The molecule has 0 unspecified atom stereocenters. The van der Waals surface area contributed by atoms with Gasteiger partial charge in [0.1, 0.15) is 11.3 Å². The molecule has 2 aromatic rings. The highest BCUT2D eigenvalue weighted by Crippen LogP contribution is 2.27. The Balaban J connectivity index is 2.49. The second-order valence-electron chi connectivity index (χ2n) is 4.97. The Labute approximate surface area is 111 Å². The molecule has 0 aliphatic heterocycles. The molecular formula is C15H18O4. The van der Waals surface area contributed by atoms with E-state index in [2.05, 4.69) is 0 Å². The summed E-state index contributed by atoms with van der Waals surface area (Å²) in [6.07, 6.45) is 0.0110. The molecule has 0 aliphatic carbocycles. The molecule has 1 aromatic carbocycles. The average Bonchev–Trinajstić information content (AvgIpc) is 2.37. The predicted molar refractivity (Wildman–Crippen MR) is 73.6 cm³/mol. The number of benzene rings is 1. The first-order chi connectivity index (χ1) is 9.01. The Morgan fingerprint density at radius 1 is 1.32 bits per heavy atom. The van der Waals surface area contributed by atoms with Crippen molar-refractivity contribution in [3.63, 3.8) is 0 Å². The smallest absolute Gasteiger partial charge is 0.336 e. The minimum absolute atomic E-state index is 0.156. The maximum Gasteiger partial charge on any atom is 0.336 e. The number of ether oxygens (including phenoxy) is 1. The van der Waals surface area contributed by atoms with Gasteiger partial charge in [0.2, 0.25) is 0 Å². The van der Waals surface area contributed by atoms with Crippen LogP contribution in [0.4, 0.5) is 0 Å². The highest BCUT2D eigenvalue weighted by atomic mass is 16.5. The van der Waals surface area contributed by atoms with Gasteiger partial charge >= 0.3 is 5.63 Å². The van der Waals surface area contributed by atoms with Crippen LogP contribution in [0.1, 0.15) is 19.4 Å². The van der Waals surface area contributed by atoms with Gasteiger partial charge in [-0.25, -0.2) is 4.79 Å². The second kappa shape index (κ2) is 5.45. The zero-order valence-electron chi connectivity index (χ0n) is 11.3. The zero-order valence-corrected chi connectivity index (χ0v) is 11.3. The van der Waals surface area contributed by atoms with E-state index in [1.54, 1.807) is 19.2 Å². The number of methoxy groups -OCH3 is 1. The number of fused-ring (bicyclic) bond motifs is 1. The molecule has 0 radical (unpaired) electrons. The maximum absolute atomic E-state index is 11.2. The molecule has 0 aliphatic rings. The summed E-state index contributed by atoms with van der Waals surface area (Å²) in [5.74, 6) is 0.851. The standard InChI is InChI=1S/C15H18O4/c1-9(2)12(16)6-11-8-14-10(7-13(11)18-3)4-5-15(17)19-14/h4-5,7-9,12,16H,6H2,1-3H3/t12-/m0/s1. The molecule has 0 spiro atoms. The fraction of sp³-hybridized carbons (Fsp3) is 0.400. The van der Waals surface area contributed by atoms with Gasteiger partial charge in [-0.2, -0.15) is 0 Å². The molecule has 19 heavy (non-hydrogen) atoms. The SMILES string of the molecule is COc1cc2ccc(=O)oc2cc1C[C@H](O)C(C)C. The van der Waals surface area contributed by atoms with Crippen molar-refractivity contribution >= 4 is 11.0 Å². The molecule has 1 N–H and O–H groups in total. The minimum atomic E-state index is -0.457. The monoisotopic (exact) mass is 262 g/mol. The number of hydrogen-bond acceptors (Lipinski definition) is 4. The van der Waals surface area contributed by atoms with E-state index in [1.807, 2.05) is 19.9 Å². The van der Waals surface area contributed by atoms with Crippen LogP contribution in [-0.2, 0) is 6.42 Å². The van der Waals surface area contributed by atoms with E-state index in [4.69, 9.17) is 9.15 Å². The highest BCUT2D eigenvalue weighted by Gasteiger charge is 2.15. The maximum atomic E-state index is 11.2. The third-order valence-corrected chi connectivity index (χ3v) is 3.22. The summed E-state index contributed by atoms with van der Waals surface area (Å²) < 4.78 is 10.5. The van der Waals surface area contributed by atoms with E-state index in [1.165, 1.54) is 6.07 Å². The number of hydrogen-bond donors (Lipinski definition) is 1. The van der Waals surface area contributed by atoms with E-state index >= 15 is 0 Å². The van der Waals surface area contributed by atoms with Crippen molar-refractivity contribution in [2.45, 2.75) is 26.4 Å². The van der Waals surface area contributed by atoms with Gasteiger partial charge in [0.25, 0.3) is 0 Å². The van der Waals surface area contributed by atoms with Crippen LogP contribution in [-0.4, -0.2) is 18.3 Å². The topological polar surface area (TPSA) is 59.7 Å². The van der Waals surface area contributed by atoms with Crippen LogP contribution in [0.2, 0.25) is 0 Å². The first kappa shape index (κ1) is 13.6. The van der Waals surface area contributed by atoms with Crippen molar-refractivity contribution in [1.29, 1.82) is 0 Å². The van der Waals surface area contributed by atoms with E-state index in [0.29, 0.717) is 17.8 Å². The molecule has 2 rings (SSSR count). The molecule has 1 aromatic heterocycles. The molecule has 0 saturated heterocycles. The molecule has 1 atom stereocenters. The van der Waals surface area contributed by atoms with Crippen LogP contribution >= 0.6 is 0 Å². The second-order valence-corrected chi connectivity index (χ2v) is 4.97. The van der Waals surface area contributed by atoms with Crippen molar-refractivity contribution in [1.82, 2.24) is 0 Å². The lowest BCUT2D eigenvalue weighted by Crippen LogP contribution is -2.18. The minimum Gasteiger partial charge on any atom is -0.496 e. The number of rotatable bonds is 4. The van der Waals surface area contributed by atoms with Crippen LogP contribution in [0.15, 0.2) is 33.5 Å². The van der Waals surface area contributed by atoms with Gasteiger partial charge in [-0.3, -0.25) is 0 Å². The summed E-state index contributed by atoms with van der Waals surface area (Å²) >= 11 is 0. The van der Waals surface area contributed by atoms with Gasteiger partial charge < -0.3 is 14.3 Å². The normalized spacial score (nSPS) is 12.9. The lowest BCUT2D eigenvalue weighted by Gasteiger charge is -2.16. The Kier molecular flexibility index (Phi) is 3.90. The summed E-state index contributed by atoms with van der Waals surface area (Å²) in [7, 11) is 1.59. The molecule has 4 nitrogen and oxygen atoms in total. The highest BCUT2D eigenvalue weighted by molar-refractivity contribution is 5.79. The van der Waals surface area contributed by atoms with Crippen LogP contribution in [0, 0.1) is 5.92 Å². The Morgan fingerprint density at radius 2 is 2.05 bits per heavy atom. The molecule has 0 amide bonds. The first-order valence-electron chi connectivity index (χ1n) is 6.30. The third-order valence-electron chi connectivity index (χ3n) is 3.22. The Hall–Kier alpha value is -1.81. The van der Waals surface area contributed by atoms with E-state index < -0.39 is 6.10 Å². The van der Waals surface area contributed by atoms with Gasteiger partial charge in [0.15, 0.2) is 0 Å². The summed E-state index contributed by atoms with van der Waals surface area (Å²) in [6.45, 7) is 3.91. The molecule has 0 fully saturated rings. The van der Waals surface area contributed by atoms with Crippen molar-refractivity contribution in [3.8, 4) is 5.75 Å². The molecule has 1 heterocycles. The van der Waals surface area contributed by atoms with E-state index in [0.717, 1.165) is 10.9 Å². The van der Waals surface area contributed by atoms with Gasteiger partial charge in [-0.05, 0) is 24.1 Å². The average molecular weight is 262 g/mol. The lowest BCUT2D eigenvalue weighted by atomic mass is 9.98. The largest absolute Gasteiger partial charge is 0.496 e. The zero-order chi connectivity index (χ0) is 14.0. The molecular weight excluding hydrogens is 244 g/mol. The van der Waals surface area contributed by atoms with Crippen LogP contribution in [0.3, 0.4) is 0 Å². The van der Waals surface area contributed by atoms with Gasteiger partial charge in [-0.1, -0.05) is 13.8 Å². The van der Waals surface area contributed by atoms with Crippen LogP contribution in [0.25, 0.3) is 11.0 Å². The van der Waals surface area contributed by atoms with Gasteiger partial charge in [0, 0.05) is 23.4 Å². The lowest BCUT2D eigenvalue weighted by molar-refractivity contribution is 0.125. The van der Waals surface area contributed by atoms with Gasteiger partial charge in [-0.15, -0.1) is 0 Å². The predicted octanol–water partition coefficient (Wildman–Crippen LogP) is 2.36. The Bertz CT molecular complexity index is 628. The van der Waals surface area contributed by atoms with Crippen molar-refractivity contribution < 1.29 is 14.3 Å². The van der Waals surface area contributed by atoms with E-state index in [-0.39, 0.29) is 11.5 Å². The summed E-state index contributed by atoms with van der Waals surface area (Å²) in [4.78, 5) is 11.2. The molecule has 102 valence electrons. The van der Waals surface area contributed by atoms with Crippen LogP contribution in [0.5, 0.6) is 5.75 Å². The quantitative estimate of drug-likeness (QED) is 0.859. The first-order valence-corrected chi connectivity index (χ1v) is 6.30. The fourth-order valence-electron chi connectivity index (χ4n) is 1.95. The Morgan fingerprint density at radius 3 is 2.68 bits per heavy atom. The number of aliphatic hydroxyl groups is 1. The van der Waals surface area contributed by atoms with E-state index in [9.17, 15) is 9.90 Å². The third kappa shape index (κ3) is 2.96. The van der Waals surface area contributed by atoms with Crippen molar-refractivity contribution in [2.75, 3.05) is 7.11 Å². The summed E-state index contributed by atoms with van der Waals surface area (Å²) in [6, 6.07) is 6.67. The van der Waals surface area contributed by atoms with Crippen LogP contribution < -0.4 is 10.4 Å². The molecule has 4 heteroatoms. The molecule has 0 saturated carbocycles.